The van der Waals surface area contributed by atoms with Crippen LogP contribution in [0.25, 0.3) is 0 Å². The zero-order valence-corrected chi connectivity index (χ0v) is 16.6. The fraction of sp³-hybridized carbons (Fsp3) is 0.286. The molecule has 0 unspecified atom stereocenters. The summed E-state index contributed by atoms with van der Waals surface area (Å²) in [5, 5.41) is 5.67. The number of nitrogens with zero attached hydrogens (tertiary/aromatic N) is 1. The number of carbonyl (C=O) groups is 3. The highest BCUT2D eigenvalue weighted by atomic mass is 35.5. The highest BCUT2D eigenvalue weighted by Gasteiger charge is 2.22. The monoisotopic (exact) mass is 399 g/mol. The molecule has 0 radical (unpaired) electrons. The van der Waals surface area contributed by atoms with Gasteiger partial charge in [0.15, 0.2) is 0 Å². The third-order valence-corrected chi connectivity index (χ3v) is 5.21. The van der Waals surface area contributed by atoms with Gasteiger partial charge in [-0.3, -0.25) is 14.4 Å². The van der Waals surface area contributed by atoms with E-state index in [-0.39, 0.29) is 5.91 Å². The zero-order chi connectivity index (χ0) is 20.3. The molecule has 1 aliphatic rings. The van der Waals surface area contributed by atoms with Crippen LogP contribution in [-0.2, 0) is 14.4 Å². The van der Waals surface area contributed by atoms with Gasteiger partial charge in [-0.25, -0.2) is 0 Å². The molecule has 0 saturated carbocycles. The van der Waals surface area contributed by atoms with E-state index in [1.54, 1.807) is 42.2 Å². The SMILES string of the molecule is Cc1ccc(NC(=O)C(=O)Nc2cccc(Cl)c2C)cc1N1CCCCC1=O. The summed E-state index contributed by atoms with van der Waals surface area (Å²) in [6.07, 6.45) is 2.37. The Balaban J connectivity index is 1.73. The van der Waals surface area contributed by atoms with E-state index in [0.29, 0.717) is 34.9 Å². The van der Waals surface area contributed by atoms with Gasteiger partial charge in [0.05, 0.1) is 0 Å². The van der Waals surface area contributed by atoms with Crippen molar-refractivity contribution < 1.29 is 14.4 Å². The Hall–Kier alpha value is -2.86. The summed E-state index contributed by atoms with van der Waals surface area (Å²) in [5.74, 6) is -1.51. The predicted octanol–water partition coefficient (Wildman–Crippen LogP) is 4.05. The Morgan fingerprint density at radius 3 is 2.54 bits per heavy atom. The predicted molar refractivity (Wildman–Crippen MR) is 111 cm³/mol. The van der Waals surface area contributed by atoms with Gasteiger partial charge in [0.2, 0.25) is 5.91 Å². The number of hydrogen-bond donors (Lipinski definition) is 2. The number of nitrogens with one attached hydrogen (secondary N) is 2. The minimum Gasteiger partial charge on any atom is -0.318 e. The van der Waals surface area contributed by atoms with Gasteiger partial charge in [0, 0.05) is 35.1 Å². The number of halogens is 1. The number of hydrogen-bond acceptors (Lipinski definition) is 3. The van der Waals surface area contributed by atoms with E-state index in [4.69, 9.17) is 11.6 Å². The minimum atomic E-state index is -0.792. The maximum Gasteiger partial charge on any atom is 0.314 e. The summed E-state index contributed by atoms with van der Waals surface area (Å²) in [6, 6.07) is 10.4. The third kappa shape index (κ3) is 4.34. The van der Waals surface area contributed by atoms with Gasteiger partial charge in [-0.1, -0.05) is 23.7 Å². The van der Waals surface area contributed by atoms with E-state index in [1.165, 1.54) is 0 Å². The van der Waals surface area contributed by atoms with Crippen LogP contribution in [0.5, 0.6) is 0 Å². The first kappa shape index (κ1) is 19.9. The average Bonchev–Trinajstić information content (AvgIpc) is 2.67. The lowest BCUT2D eigenvalue weighted by molar-refractivity contribution is -0.133. The van der Waals surface area contributed by atoms with Crippen LogP contribution in [0, 0.1) is 13.8 Å². The van der Waals surface area contributed by atoms with E-state index in [9.17, 15) is 14.4 Å². The standard InChI is InChI=1S/C21H22ClN3O3/c1-13-9-10-15(12-18(13)25-11-4-3-8-19(25)26)23-20(27)21(28)24-17-7-5-6-16(22)14(17)2/h5-7,9-10,12H,3-4,8,11H2,1-2H3,(H,23,27)(H,24,28). The second kappa shape index (κ2) is 8.44. The van der Waals surface area contributed by atoms with Crippen molar-refractivity contribution in [3.8, 4) is 0 Å². The van der Waals surface area contributed by atoms with Crippen molar-refractivity contribution in [2.24, 2.45) is 0 Å². The molecular formula is C21H22ClN3O3. The molecule has 2 N–H and O–H groups in total. The van der Waals surface area contributed by atoms with Crippen LogP contribution >= 0.6 is 11.6 Å². The van der Waals surface area contributed by atoms with Crippen LogP contribution in [-0.4, -0.2) is 24.3 Å². The topological polar surface area (TPSA) is 78.5 Å². The Bertz CT molecular complexity index is 942. The zero-order valence-electron chi connectivity index (χ0n) is 15.8. The minimum absolute atomic E-state index is 0.0759. The first-order valence-electron chi connectivity index (χ1n) is 9.15. The molecule has 1 heterocycles. The van der Waals surface area contributed by atoms with Crippen molar-refractivity contribution in [3.05, 3.63) is 52.5 Å². The van der Waals surface area contributed by atoms with Crippen molar-refractivity contribution in [3.63, 3.8) is 0 Å². The summed E-state index contributed by atoms with van der Waals surface area (Å²) in [5.41, 5.74) is 3.32. The van der Waals surface area contributed by atoms with Gasteiger partial charge in [-0.2, -0.15) is 0 Å². The summed E-state index contributed by atoms with van der Waals surface area (Å²) in [7, 11) is 0. The first-order valence-corrected chi connectivity index (χ1v) is 9.53. The number of benzene rings is 2. The van der Waals surface area contributed by atoms with E-state index in [1.807, 2.05) is 13.0 Å². The quantitative estimate of drug-likeness (QED) is 0.764. The van der Waals surface area contributed by atoms with Gasteiger partial charge in [-0.05, 0) is 62.1 Å². The van der Waals surface area contributed by atoms with Crippen LogP contribution in [0.2, 0.25) is 5.02 Å². The van der Waals surface area contributed by atoms with E-state index in [2.05, 4.69) is 10.6 Å². The lowest BCUT2D eigenvalue weighted by Gasteiger charge is -2.28. The van der Waals surface area contributed by atoms with Crippen molar-refractivity contribution in [1.82, 2.24) is 0 Å². The molecule has 0 aromatic heterocycles. The maximum atomic E-state index is 12.3. The molecule has 3 amide bonds. The summed E-state index contributed by atoms with van der Waals surface area (Å²) < 4.78 is 0. The van der Waals surface area contributed by atoms with Gasteiger partial charge in [0.1, 0.15) is 0 Å². The van der Waals surface area contributed by atoms with Gasteiger partial charge in [-0.15, -0.1) is 0 Å². The van der Waals surface area contributed by atoms with Gasteiger partial charge in [0.25, 0.3) is 0 Å². The smallest absolute Gasteiger partial charge is 0.314 e. The Morgan fingerprint density at radius 2 is 1.79 bits per heavy atom. The van der Waals surface area contributed by atoms with Gasteiger partial charge < -0.3 is 15.5 Å². The van der Waals surface area contributed by atoms with E-state index in [0.717, 1.165) is 24.1 Å². The van der Waals surface area contributed by atoms with Crippen molar-refractivity contribution in [2.75, 3.05) is 22.1 Å². The lowest BCUT2D eigenvalue weighted by Crippen LogP contribution is -2.35. The Morgan fingerprint density at radius 1 is 1.04 bits per heavy atom. The number of aryl methyl sites for hydroxylation is 1. The molecule has 0 bridgehead atoms. The lowest BCUT2D eigenvalue weighted by atomic mass is 10.1. The second-order valence-corrected chi connectivity index (χ2v) is 7.23. The molecule has 1 fully saturated rings. The molecule has 146 valence electrons. The molecule has 0 spiro atoms. The van der Waals surface area contributed by atoms with Crippen LogP contribution < -0.4 is 15.5 Å². The number of carbonyl (C=O) groups excluding carboxylic acids is 3. The van der Waals surface area contributed by atoms with E-state index >= 15 is 0 Å². The molecule has 28 heavy (non-hydrogen) atoms. The van der Waals surface area contributed by atoms with Crippen LogP contribution in [0.1, 0.15) is 30.4 Å². The van der Waals surface area contributed by atoms with Crippen LogP contribution in [0.4, 0.5) is 17.1 Å². The number of anilines is 3. The van der Waals surface area contributed by atoms with E-state index < -0.39 is 11.8 Å². The molecule has 2 aromatic carbocycles. The molecule has 0 aliphatic carbocycles. The molecule has 2 aromatic rings. The number of piperidine rings is 1. The number of amides is 3. The molecule has 1 aliphatic heterocycles. The summed E-state index contributed by atoms with van der Waals surface area (Å²) >= 11 is 6.04. The molecule has 6 nitrogen and oxygen atoms in total. The molecule has 1 saturated heterocycles. The maximum absolute atomic E-state index is 12.3. The summed E-state index contributed by atoms with van der Waals surface area (Å²) in [6.45, 7) is 4.33. The largest absolute Gasteiger partial charge is 0.318 e. The van der Waals surface area contributed by atoms with Crippen LogP contribution in [0.3, 0.4) is 0 Å². The Labute approximate surface area is 168 Å². The highest BCUT2D eigenvalue weighted by Crippen LogP contribution is 2.28. The highest BCUT2D eigenvalue weighted by molar-refractivity contribution is 6.44. The average molecular weight is 400 g/mol. The second-order valence-electron chi connectivity index (χ2n) is 6.82. The molecule has 0 atom stereocenters. The van der Waals surface area contributed by atoms with Crippen molar-refractivity contribution in [1.29, 1.82) is 0 Å². The third-order valence-electron chi connectivity index (χ3n) is 4.80. The van der Waals surface area contributed by atoms with Crippen molar-refractivity contribution in [2.45, 2.75) is 33.1 Å². The first-order chi connectivity index (χ1) is 13.4. The Kier molecular flexibility index (Phi) is 5.99. The van der Waals surface area contributed by atoms with Crippen LogP contribution in [0.15, 0.2) is 36.4 Å². The molecule has 3 rings (SSSR count). The molecule has 7 heteroatoms. The summed E-state index contributed by atoms with van der Waals surface area (Å²) in [4.78, 5) is 38.5. The fourth-order valence-corrected chi connectivity index (χ4v) is 3.32. The van der Waals surface area contributed by atoms with Crippen molar-refractivity contribution >= 4 is 46.4 Å². The number of rotatable bonds is 3. The fourth-order valence-electron chi connectivity index (χ4n) is 3.15. The molecular weight excluding hydrogens is 378 g/mol. The van der Waals surface area contributed by atoms with Gasteiger partial charge >= 0.3 is 11.8 Å². The normalized spacial score (nSPS) is 14.0.